The quantitative estimate of drug-likeness (QED) is 0.788. The van der Waals surface area contributed by atoms with Crippen LogP contribution in [-0.4, -0.2) is 30.5 Å². The highest BCUT2D eigenvalue weighted by molar-refractivity contribution is 5.68. The van der Waals surface area contributed by atoms with Crippen LogP contribution in [0.3, 0.4) is 0 Å². The van der Waals surface area contributed by atoms with E-state index in [0.29, 0.717) is 13.0 Å². The highest BCUT2D eigenvalue weighted by Gasteiger charge is 2.39. The number of nitrogens with zero attached hydrogens (tertiary/aromatic N) is 2. The third kappa shape index (κ3) is 4.31. The van der Waals surface area contributed by atoms with Gasteiger partial charge in [0.05, 0.1) is 6.61 Å². The van der Waals surface area contributed by atoms with E-state index in [4.69, 9.17) is 9.57 Å². The lowest BCUT2D eigenvalue weighted by molar-refractivity contribution is 0.0112. The van der Waals surface area contributed by atoms with Gasteiger partial charge in [0, 0.05) is 30.0 Å². The van der Waals surface area contributed by atoms with Gasteiger partial charge in [0.1, 0.15) is 12.1 Å². The molecule has 0 spiro atoms. The van der Waals surface area contributed by atoms with Gasteiger partial charge in [-0.3, -0.25) is 0 Å². The van der Waals surface area contributed by atoms with Crippen LogP contribution in [0.15, 0.2) is 72.2 Å². The third-order valence-corrected chi connectivity index (χ3v) is 4.27. The highest BCUT2D eigenvalue weighted by Crippen LogP contribution is 2.39. The zero-order valence-corrected chi connectivity index (χ0v) is 15.5. The van der Waals surface area contributed by atoms with E-state index in [-0.39, 0.29) is 18.6 Å². The van der Waals surface area contributed by atoms with E-state index < -0.39 is 5.60 Å². The number of benzene rings is 2. The van der Waals surface area contributed by atoms with Gasteiger partial charge in [-0.05, 0) is 19.1 Å². The fraction of sp³-hybridized carbons (Fsp3) is 0.238. The molecular formula is C21H21FN2O4. The van der Waals surface area contributed by atoms with Crippen molar-refractivity contribution in [3.8, 4) is 0 Å². The number of oxime groups is 1. The summed E-state index contributed by atoms with van der Waals surface area (Å²) in [5, 5.41) is 3.89. The molecule has 4 rings (SSSR count). The molecular weight excluding hydrogens is 363 g/mol. The summed E-state index contributed by atoms with van der Waals surface area (Å²) in [5.74, 6) is -0.249. The zero-order valence-electron chi connectivity index (χ0n) is 15.5. The molecule has 6 nitrogen and oxygen atoms in total. The Hall–Kier alpha value is -3.35. The summed E-state index contributed by atoms with van der Waals surface area (Å²) in [4.78, 5) is 17.8. The van der Waals surface area contributed by atoms with Crippen molar-refractivity contribution in [2.45, 2.75) is 18.9 Å². The lowest BCUT2D eigenvalue weighted by Crippen LogP contribution is -2.26. The average Bonchev–Trinajstić information content (AvgIpc) is 3.43. The number of hydrogen-bond acceptors (Lipinski definition) is 5. The Morgan fingerprint density at radius 3 is 2.46 bits per heavy atom. The molecule has 0 N–H and O–H groups in total. The first-order valence-electron chi connectivity index (χ1n) is 8.89. The molecule has 0 saturated heterocycles. The van der Waals surface area contributed by atoms with Crippen LogP contribution >= 0.6 is 0 Å². The summed E-state index contributed by atoms with van der Waals surface area (Å²) >= 11 is 0. The summed E-state index contributed by atoms with van der Waals surface area (Å²) in [5.41, 5.74) is 1.32. The minimum atomic E-state index is -0.616. The van der Waals surface area contributed by atoms with Gasteiger partial charge < -0.3 is 14.3 Å². The van der Waals surface area contributed by atoms with Crippen molar-refractivity contribution in [3.63, 3.8) is 0 Å². The van der Waals surface area contributed by atoms with Gasteiger partial charge in [0.2, 0.25) is 0 Å². The molecule has 0 saturated carbocycles. The molecule has 2 aliphatic rings. The van der Waals surface area contributed by atoms with Crippen LogP contribution in [-0.2, 0) is 19.9 Å². The van der Waals surface area contributed by atoms with Crippen molar-refractivity contribution in [1.29, 1.82) is 0 Å². The van der Waals surface area contributed by atoms with E-state index in [1.807, 2.05) is 30.3 Å². The van der Waals surface area contributed by atoms with E-state index in [1.54, 1.807) is 25.3 Å². The third-order valence-electron chi connectivity index (χ3n) is 4.27. The zero-order chi connectivity index (χ0) is 19.8. The number of rotatable bonds is 3. The number of amides is 1. The Bertz CT molecular complexity index is 829. The summed E-state index contributed by atoms with van der Waals surface area (Å²) in [6.45, 7) is 2.42. The summed E-state index contributed by atoms with van der Waals surface area (Å²) in [6, 6.07) is 16.3. The molecule has 1 atom stereocenters. The van der Waals surface area contributed by atoms with Gasteiger partial charge in [-0.1, -0.05) is 47.6 Å². The second kappa shape index (κ2) is 9.03. The second-order valence-corrected chi connectivity index (χ2v) is 6.03. The molecule has 2 aliphatic heterocycles. The van der Waals surface area contributed by atoms with E-state index in [2.05, 4.69) is 9.89 Å². The van der Waals surface area contributed by atoms with Crippen molar-refractivity contribution in [2.75, 3.05) is 13.3 Å². The minimum Gasteiger partial charge on any atom is -0.479 e. The molecule has 0 radical (unpaired) electrons. The lowest BCUT2D eigenvalue weighted by Gasteiger charge is -2.27. The largest absolute Gasteiger partial charge is 0.479 e. The van der Waals surface area contributed by atoms with Crippen LogP contribution in [0, 0.1) is 5.82 Å². The monoisotopic (exact) mass is 384 g/mol. The molecule has 0 aromatic heterocycles. The molecule has 1 unspecified atom stereocenters. The molecule has 146 valence electrons. The Morgan fingerprint density at radius 2 is 1.89 bits per heavy atom. The smallest absolute Gasteiger partial charge is 0.416 e. The van der Waals surface area contributed by atoms with Gasteiger partial charge in [0.25, 0.3) is 0 Å². The number of carbonyl (C=O) groups excluding carboxylic acids is 1. The van der Waals surface area contributed by atoms with Crippen LogP contribution in [0.1, 0.15) is 24.5 Å². The number of hydrogen-bond donors (Lipinski definition) is 0. The number of carbonyl (C=O) groups is 1. The molecule has 0 fully saturated rings. The normalized spacial score (nSPS) is 19.4. The van der Waals surface area contributed by atoms with Crippen LogP contribution in [0.25, 0.3) is 0 Å². The molecule has 0 bridgehead atoms. The summed E-state index contributed by atoms with van der Waals surface area (Å²) < 4.78 is 22.5. The number of halogens is 1. The second-order valence-electron chi connectivity index (χ2n) is 6.03. The minimum absolute atomic E-state index is 0.249. The van der Waals surface area contributed by atoms with Gasteiger partial charge in [-0.2, -0.15) is 0 Å². The molecule has 28 heavy (non-hydrogen) atoms. The molecule has 1 amide bonds. The highest BCUT2D eigenvalue weighted by atomic mass is 19.1. The molecule has 2 heterocycles. The van der Waals surface area contributed by atoms with Crippen LogP contribution < -0.4 is 0 Å². The Labute approximate surface area is 162 Å². The first-order valence-corrected chi connectivity index (χ1v) is 8.89. The molecule has 2 aromatic carbocycles. The molecule has 7 heteroatoms. The SMILES string of the molecule is CCOC(=O)N1C=COC1.Fc1ccc(C2(c3ccccc3)CC=NO2)cc1. The predicted octanol–water partition coefficient (Wildman–Crippen LogP) is 4.38. The van der Waals surface area contributed by atoms with Crippen LogP contribution in [0.2, 0.25) is 0 Å². The summed E-state index contributed by atoms with van der Waals surface area (Å²) in [6.07, 6.45) is 5.03. The maximum absolute atomic E-state index is 13.0. The van der Waals surface area contributed by atoms with Crippen molar-refractivity contribution < 1.29 is 23.5 Å². The summed E-state index contributed by atoms with van der Waals surface area (Å²) in [7, 11) is 0. The van der Waals surface area contributed by atoms with Crippen molar-refractivity contribution in [3.05, 3.63) is 84.0 Å². The lowest BCUT2D eigenvalue weighted by atomic mass is 9.84. The first kappa shape index (κ1) is 19.4. The van der Waals surface area contributed by atoms with E-state index in [1.165, 1.54) is 29.5 Å². The van der Waals surface area contributed by atoms with Gasteiger partial charge in [-0.15, -0.1) is 0 Å². The fourth-order valence-electron chi connectivity index (χ4n) is 2.87. The van der Waals surface area contributed by atoms with E-state index >= 15 is 0 Å². The van der Waals surface area contributed by atoms with Gasteiger partial charge >= 0.3 is 6.09 Å². The van der Waals surface area contributed by atoms with Crippen molar-refractivity contribution in [1.82, 2.24) is 4.90 Å². The van der Waals surface area contributed by atoms with Crippen LogP contribution in [0.4, 0.5) is 9.18 Å². The van der Waals surface area contributed by atoms with E-state index in [0.717, 1.165) is 11.1 Å². The van der Waals surface area contributed by atoms with Gasteiger partial charge in [0.15, 0.2) is 12.3 Å². The Balaban J connectivity index is 0.000000192. The van der Waals surface area contributed by atoms with Crippen LogP contribution in [0.5, 0.6) is 0 Å². The van der Waals surface area contributed by atoms with E-state index in [9.17, 15) is 9.18 Å². The fourth-order valence-corrected chi connectivity index (χ4v) is 2.87. The predicted molar refractivity (Wildman–Crippen MR) is 102 cm³/mol. The number of ether oxygens (including phenoxy) is 2. The maximum atomic E-state index is 13.0. The molecule has 0 aliphatic carbocycles. The topological polar surface area (TPSA) is 60.4 Å². The maximum Gasteiger partial charge on any atom is 0.416 e. The first-order chi connectivity index (χ1) is 13.7. The average molecular weight is 384 g/mol. The molecule has 2 aromatic rings. The Kier molecular flexibility index (Phi) is 6.26. The van der Waals surface area contributed by atoms with Crippen molar-refractivity contribution in [2.24, 2.45) is 5.16 Å². The standard InChI is InChI=1S/C15H12FNO.C6H9NO3/c16-14-8-6-13(7-9-14)15(10-11-17-18-15)12-4-2-1-3-5-12;1-2-10-6(8)7-3-4-9-5-7/h1-9,11H,10H2;3-4H,2,5H2,1H3. The van der Waals surface area contributed by atoms with Gasteiger partial charge in [-0.25, -0.2) is 14.1 Å². The Morgan fingerprint density at radius 1 is 1.18 bits per heavy atom. The van der Waals surface area contributed by atoms with Crippen molar-refractivity contribution >= 4 is 12.3 Å².